The fourth-order valence-electron chi connectivity index (χ4n) is 3.68. The quantitative estimate of drug-likeness (QED) is 0.607. The number of nitrogens with zero attached hydrogens (tertiary/aromatic N) is 1. The fourth-order valence-corrected chi connectivity index (χ4v) is 3.68. The third kappa shape index (κ3) is 3.69. The van der Waals surface area contributed by atoms with Gasteiger partial charge in [-0.3, -0.25) is 9.78 Å². The highest BCUT2D eigenvalue weighted by Gasteiger charge is 2.21. The predicted octanol–water partition coefficient (Wildman–Crippen LogP) is 5.31. The van der Waals surface area contributed by atoms with E-state index in [4.69, 9.17) is 0 Å². The summed E-state index contributed by atoms with van der Waals surface area (Å²) in [7, 11) is 0. The maximum atomic E-state index is 11.6. The topological polar surface area (TPSA) is 30.0 Å². The first-order valence-corrected chi connectivity index (χ1v) is 8.54. The van der Waals surface area contributed by atoms with Crippen LogP contribution < -0.4 is 0 Å². The van der Waals surface area contributed by atoms with Crippen molar-refractivity contribution in [3.8, 4) is 0 Å². The van der Waals surface area contributed by atoms with Crippen molar-refractivity contribution < 1.29 is 4.79 Å². The molecular weight excluding hydrogens is 306 g/mol. The highest BCUT2D eigenvalue weighted by atomic mass is 16.1. The van der Waals surface area contributed by atoms with Crippen LogP contribution in [0.3, 0.4) is 0 Å². The summed E-state index contributed by atoms with van der Waals surface area (Å²) in [5.74, 6) is -0.00824. The van der Waals surface area contributed by atoms with E-state index < -0.39 is 0 Å². The molecule has 3 aromatic rings. The number of aryl methyl sites for hydroxylation is 4. The van der Waals surface area contributed by atoms with Crippen LogP contribution in [0.4, 0.5) is 0 Å². The third-order valence-electron chi connectivity index (χ3n) is 4.45. The lowest BCUT2D eigenvalue weighted by Gasteiger charge is -2.22. The van der Waals surface area contributed by atoms with Crippen LogP contribution in [0.25, 0.3) is 0 Å². The van der Waals surface area contributed by atoms with Crippen molar-refractivity contribution in [3.05, 3.63) is 99.4 Å². The molecule has 2 heteroatoms. The number of hydrogen-bond acceptors (Lipinski definition) is 2. The molecule has 0 unspecified atom stereocenters. The number of aldehydes is 1. The molecule has 0 fully saturated rings. The molecule has 1 heterocycles. The van der Waals surface area contributed by atoms with Gasteiger partial charge >= 0.3 is 0 Å². The number of carbonyl (C=O) groups is 1. The Morgan fingerprint density at radius 3 is 1.72 bits per heavy atom. The summed E-state index contributed by atoms with van der Waals surface area (Å²) in [4.78, 5) is 15.9. The van der Waals surface area contributed by atoms with Crippen LogP contribution in [0.5, 0.6) is 0 Å². The number of pyridine rings is 1. The Kier molecular flexibility index (Phi) is 4.80. The van der Waals surface area contributed by atoms with E-state index in [0.717, 1.165) is 11.8 Å². The van der Waals surface area contributed by atoms with E-state index in [-0.39, 0.29) is 5.92 Å². The molecule has 0 bridgehead atoms. The SMILES string of the molecule is Cc1cc(C)cc(C(c2cc(C)cc(C)c2)c2cccnc2C=O)c1. The Hall–Kier alpha value is -2.74. The Balaban J connectivity index is 2.29. The minimum atomic E-state index is -0.00824. The van der Waals surface area contributed by atoms with Gasteiger partial charge in [-0.25, -0.2) is 0 Å². The van der Waals surface area contributed by atoms with E-state index in [9.17, 15) is 4.79 Å². The van der Waals surface area contributed by atoms with Crippen molar-refractivity contribution in [3.63, 3.8) is 0 Å². The Bertz CT molecular complexity index is 835. The molecule has 0 aliphatic heterocycles. The summed E-state index contributed by atoms with van der Waals surface area (Å²) < 4.78 is 0. The van der Waals surface area contributed by atoms with Gasteiger partial charge in [0.25, 0.3) is 0 Å². The second-order valence-electron chi connectivity index (χ2n) is 6.87. The van der Waals surface area contributed by atoms with Crippen LogP contribution in [-0.2, 0) is 0 Å². The van der Waals surface area contributed by atoms with E-state index >= 15 is 0 Å². The van der Waals surface area contributed by atoms with E-state index in [1.165, 1.54) is 33.4 Å². The Morgan fingerprint density at radius 2 is 1.28 bits per heavy atom. The van der Waals surface area contributed by atoms with Gasteiger partial charge in [0.15, 0.2) is 6.29 Å². The van der Waals surface area contributed by atoms with Crippen LogP contribution in [0.15, 0.2) is 54.7 Å². The molecule has 2 aromatic carbocycles. The highest BCUT2D eigenvalue weighted by Crippen LogP contribution is 2.35. The number of hydrogen-bond donors (Lipinski definition) is 0. The van der Waals surface area contributed by atoms with Crippen molar-refractivity contribution in [1.82, 2.24) is 4.98 Å². The summed E-state index contributed by atoms with van der Waals surface area (Å²) in [6.45, 7) is 8.44. The summed E-state index contributed by atoms with van der Waals surface area (Å²) in [5.41, 5.74) is 8.74. The molecule has 1 aromatic heterocycles. The van der Waals surface area contributed by atoms with Crippen molar-refractivity contribution in [2.24, 2.45) is 0 Å². The molecule has 0 atom stereocenters. The third-order valence-corrected chi connectivity index (χ3v) is 4.45. The van der Waals surface area contributed by atoms with E-state index in [2.05, 4.69) is 69.1 Å². The second kappa shape index (κ2) is 7.02. The summed E-state index contributed by atoms with van der Waals surface area (Å²) in [6, 6.07) is 17.1. The molecule has 2 nitrogen and oxygen atoms in total. The number of benzene rings is 2. The molecule has 0 aliphatic carbocycles. The zero-order valence-corrected chi connectivity index (χ0v) is 15.2. The number of carbonyl (C=O) groups excluding carboxylic acids is 1. The van der Waals surface area contributed by atoms with Crippen LogP contribution >= 0.6 is 0 Å². The zero-order valence-electron chi connectivity index (χ0n) is 15.2. The minimum absolute atomic E-state index is 0.00824. The molecule has 3 rings (SSSR count). The standard InChI is InChI=1S/C23H23NO/c1-15-8-16(2)11-19(10-15)23(20-12-17(3)9-18(4)13-20)21-6-5-7-24-22(21)14-25/h5-14,23H,1-4H3. The van der Waals surface area contributed by atoms with Gasteiger partial charge in [-0.15, -0.1) is 0 Å². The first kappa shape index (κ1) is 17.1. The largest absolute Gasteiger partial charge is 0.296 e. The predicted molar refractivity (Wildman–Crippen MR) is 102 cm³/mol. The van der Waals surface area contributed by atoms with Gasteiger partial charge in [0.05, 0.1) is 0 Å². The van der Waals surface area contributed by atoms with Gasteiger partial charge in [-0.1, -0.05) is 64.7 Å². The molecule has 0 N–H and O–H groups in total. The van der Waals surface area contributed by atoms with Crippen LogP contribution in [0.2, 0.25) is 0 Å². The molecule has 0 amide bonds. The van der Waals surface area contributed by atoms with Crippen molar-refractivity contribution in [2.75, 3.05) is 0 Å². The Labute approximate surface area is 149 Å². The lowest BCUT2D eigenvalue weighted by atomic mass is 9.82. The fraction of sp³-hybridized carbons (Fsp3) is 0.217. The normalized spacial score (nSPS) is 10.9. The van der Waals surface area contributed by atoms with E-state index in [1.807, 2.05) is 12.1 Å². The number of rotatable bonds is 4. The van der Waals surface area contributed by atoms with E-state index in [0.29, 0.717) is 5.69 Å². The van der Waals surface area contributed by atoms with Crippen molar-refractivity contribution >= 4 is 6.29 Å². The molecule has 0 saturated heterocycles. The average Bonchev–Trinajstić information content (AvgIpc) is 2.54. The van der Waals surface area contributed by atoms with Gasteiger partial charge in [0.1, 0.15) is 5.69 Å². The summed E-state index contributed by atoms with van der Waals surface area (Å²) >= 11 is 0. The maximum Gasteiger partial charge on any atom is 0.168 e. The molecular formula is C23H23NO. The van der Waals surface area contributed by atoms with Gasteiger partial charge in [-0.2, -0.15) is 0 Å². The smallest absolute Gasteiger partial charge is 0.168 e. The Morgan fingerprint density at radius 1 is 0.800 bits per heavy atom. The first-order valence-electron chi connectivity index (χ1n) is 8.54. The van der Waals surface area contributed by atoms with Crippen LogP contribution in [0, 0.1) is 27.7 Å². The molecule has 0 spiro atoms. The molecule has 0 saturated carbocycles. The zero-order chi connectivity index (χ0) is 18.0. The van der Waals surface area contributed by atoms with Gasteiger partial charge < -0.3 is 0 Å². The van der Waals surface area contributed by atoms with Gasteiger partial charge in [0.2, 0.25) is 0 Å². The monoisotopic (exact) mass is 329 g/mol. The summed E-state index contributed by atoms with van der Waals surface area (Å²) in [6.07, 6.45) is 2.53. The summed E-state index contributed by atoms with van der Waals surface area (Å²) in [5, 5.41) is 0. The van der Waals surface area contributed by atoms with Gasteiger partial charge in [-0.05, 0) is 50.5 Å². The van der Waals surface area contributed by atoms with Gasteiger partial charge in [0, 0.05) is 12.1 Å². The number of aromatic nitrogens is 1. The van der Waals surface area contributed by atoms with Crippen LogP contribution in [0.1, 0.15) is 55.4 Å². The molecule has 0 aliphatic rings. The lowest BCUT2D eigenvalue weighted by Crippen LogP contribution is -2.09. The maximum absolute atomic E-state index is 11.6. The van der Waals surface area contributed by atoms with E-state index in [1.54, 1.807) is 6.20 Å². The lowest BCUT2D eigenvalue weighted by molar-refractivity contribution is 0.111. The highest BCUT2D eigenvalue weighted by molar-refractivity contribution is 5.75. The minimum Gasteiger partial charge on any atom is -0.296 e. The van der Waals surface area contributed by atoms with Crippen molar-refractivity contribution in [2.45, 2.75) is 33.6 Å². The average molecular weight is 329 g/mol. The first-order chi connectivity index (χ1) is 12.0. The van der Waals surface area contributed by atoms with Crippen molar-refractivity contribution in [1.29, 1.82) is 0 Å². The molecule has 126 valence electrons. The molecule has 25 heavy (non-hydrogen) atoms. The second-order valence-corrected chi connectivity index (χ2v) is 6.87. The molecule has 0 radical (unpaired) electrons. The van der Waals surface area contributed by atoms with Crippen LogP contribution in [-0.4, -0.2) is 11.3 Å².